The van der Waals surface area contributed by atoms with Gasteiger partial charge in [-0.2, -0.15) is 0 Å². The molecule has 3 N–H and O–H groups in total. The summed E-state index contributed by atoms with van der Waals surface area (Å²) in [6.45, 7) is 0. The average Bonchev–Trinajstić information content (AvgIpc) is 3.23. The summed E-state index contributed by atoms with van der Waals surface area (Å²) in [5.74, 6) is -1.28. The summed E-state index contributed by atoms with van der Waals surface area (Å²) >= 11 is 1.54. The van der Waals surface area contributed by atoms with Crippen molar-refractivity contribution < 1.29 is 9.59 Å². The van der Waals surface area contributed by atoms with Crippen LogP contribution in [0.3, 0.4) is 0 Å². The van der Waals surface area contributed by atoms with E-state index in [4.69, 9.17) is 5.73 Å². The fourth-order valence-electron chi connectivity index (χ4n) is 3.32. The van der Waals surface area contributed by atoms with E-state index in [0.717, 1.165) is 26.9 Å². The number of imide groups is 1. The number of nitrogen functional groups attached to an aromatic ring is 1. The highest BCUT2D eigenvalue weighted by Gasteiger charge is 2.31. The molecule has 0 fully saturated rings. The predicted molar refractivity (Wildman–Crippen MR) is 107 cm³/mol. The number of hydrogen-bond donors (Lipinski definition) is 2. The van der Waals surface area contributed by atoms with Crippen LogP contribution < -0.4 is 16.6 Å². The molecule has 2 aromatic heterocycles. The summed E-state index contributed by atoms with van der Waals surface area (Å²) in [6, 6.07) is 16.2. The van der Waals surface area contributed by atoms with Crippen molar-refractivity contribution in [1.29, 1.82) is 0 Å². The Labute approximate surface area is 162 Å². The van der Waals surface area contributed by atoms with Gasteiger partial charge in [0.1, 0.15) is 10.8 Å². The average molecular weight is 388 g/mol. The molecule has 7 nitrogen and oxygen atoms in total. The number of nitrogens with two attached hydrogens (primary N) is 1. The van der Waals surface area contributed by atoms with Gasteiger partial charge in [-0.15, -0.1) is 11.3 Å². The van der Waals surface area contributed by atoms with E-state index in [9.17, 15) is 14.4 Å². The molecule has 3 heterocycles. The van der Waals surface area contributed by atoms with Gasteiger partial charge in [0.25, 0.3) is 17.4 Å². The first-order valence-electron chi connectivity index (χ1n) is 8.40. The molecule has 1 aliphatic rings. The highest BCUT2D eigenvalue weighted by Crippen LogP contribution is 2.31. The Morgan fingerprint density at radius 3 is 2.61 bits per heavy atom. The SMILES string of the molecule is Nc1c2c(cc(=O)n1-c1cccc(-c3nc4ccccc4s3)c1)C(=O)NC2=O. The van der Waals surface area contributed by atoms with Crippen LogP contribution in [-0.2, 0) is 0 Å². The Morgan fingerprint density at radius 1 is 0.964 bits per heavy atom. The molecule has 0 saturated heterocycles. The maximum atomic E-state index is 12.6. The molecule has 0 unspecified atom stereocenters. The predicted octanol–water partition coefficient (Wildman–Crippen LogP) is 2.58. The van der Waals surface area contributed by atoms with Gasteiger partial charge in [0.05, 0.1) is 27.0 Å². The number of anilines is 1. The van der Waals surface area contributed by atoms with E-state index in [1.165, 1.54) is 4.57 Å². The Morgan fingerprint density at radius 2 is 1.79 bits per heavy atom. The van der Waals surface area contributed by atoms with Gasteiger partial charge in [-0.25, -0.2) is 4.98 Å². The molecule has 0 radical (unpaired) electrons. The summed E-state index contributed by atoms with van der Waals surface area (Å²) < 4.78 is 2.29. The van der Waals surface area contributed by atoms with Crippen molar-refractivity contribution in [2.24, 2.45) is 0 Å². The molecule has 2 aromatic carbocycles. The van der Waals surface area contributed by atoms with Gasteiger partial charge in [-0.3, -0.25) is 24.3 Å². The Bertz CT molecular complexity index is 1340. The van der Waals surface area contributed by atoms with Gasteiger partial charge >= 0.3 is 0 Å². The first-order chi connectivity index (χ1) is 13.5. The van der Waals surface area contributed by atoms with Gasteiger partial charge in [-0.05, 0) is 24.3 Å². The Hall–Kier alpha value is -3.78. The summed E-state index contributed by atoms with van der Waals surface area (Å²) in [6.07, 6.45) is 0. The van der Waals surface area contributed by atoms with Crippen LogP contribution >= 0.6 is 11.3 Å². The number of hydrogen-bond acceptors (Lipinski definition) is 6. The van der Waals surface area contributed by atoms with Crippen molar-refractivity contribution in [3.63, 3.8) is 0 Å². The van der Waals surface area contributed by atoms with Crippen LogP contribution in [0.2, 0.25) is 0 Å². The zero-order chi connectivity index (χ0) is 19.4. The molecule has 0 spiro atoms. The number of nitrogens with one attached hydrogen (secondary N) is 1. The molecular weight excluding hydrogens is 376 g/mol. The largest absolute Gasteiger partial charge is 0.384 e. The second-order valence-electron chi connectivity index (χ2n) is 6.31. The molecule has 8 heteroatoms. The number of rotatable bonds is 2. The highest BCUT2D eigenvalue weighted by atomic mass is 32.1. The van der Waals surface area contributed by atoms with Gasteiger partial charge in [0.15, 0.2) is 0 Å². The van der Waals surface area contributed by atoms with Crippen LogP contribution in [0.15, 0.2) is 59.4 Å². The van der Waals surface area contributed by atoms with E-state index in [2.05, 4.69) is 10.3 Å². The minimum atomic E-state index is -0.612. The topological polar surface area (TPSA) is 107 Å². The minimum absolute atomic E-state index is 0.00563. The first-order valence-corrected chi connectivity index (χ1v) is 9.22. The van der Waals surface area contributed by atoms with E-state index in [0.29, 0.717) is 5.69 Å². The number of carbonyl (C=O) groups excluding carboxylic acids is 2. The molecule has 0 saturated carbocycles. The third-order valence-corrected chi connectivity index (χ3v) is 5.68. The molecule has 2 amide bonds. The molecule has 5 rings (SSSR count). The van der Waals surface area contributed by atoms with Crippen molar-refractivity contribution in [3.05, 3.63) is 76.1 Å². The molecule has 136 valence electrons. The third-order valence-electron chi connectivity index (χ3n) is 4.60. The number of para-hydroxylation sites is 1. The van der Waals surface area contributed by atoms with Crippen LogP contribution in [0.4, 0.5) is 5.82 Å². The number of aromatic nitrogens is 2. The summed E-state index contributed by atoms with van der Waals surface area (Å²) in [5, 5.41) is 2.97. The number of benzene rings is 2. The molecular formula is C20H12N4O3S. The fourth-order valence-corrected chi connectivity index (χ4v) is 4.28. The molecule has 1 aliphatic heterocycles. The zero-order valence-corrected chi connectivity index (χ0v) is 15.1. The highest BCUT2D eigenvalue weighted by molar-refractivity contribution is 7.21. The lowest BCUT2D eigenvalue weighted by molar-refractivity contribution is 0.0880. The number of pyridine rings is 1. The van der Waals surface area contributed by atoms with Crippen LogP contribution in [0.1, 0.15) is 20.7 Å². The third kappa shape index (κ3) is 2.35. The van der Waals surface area contributed by atoms with Crippen molar-refractivity contribution >= 4 is 39.2 Å². The molecule has 0 bridgehead atoms. The Balaban J connectivity index is 1.69. The van der Waals surface area contributed by atoms with E-state index in [1.54, 1.807) is 29.5 Å². The van der Waals surface area contributed by atoms with E-state index in [1.807, 2.05) is 30.3 Å². The number of thiazole rings is 1. The summed E-state index contributed by atoms with van der Waals surface area (Å²) in [4.78, 5) is 41.1. The maximum absolute atomic E-state index is 12.6. The van der Waals surface area contributed by atoms with Crippen LogP contribution in [0.25, 0.3) is 26.5 Å². The van der Waals surface area contributed by atoms with Gasteiger partial charge in [0, 0.05) is 11.6 Å². The van der Waals surface area contributed by atoms with Crippen LogP contribution in [0, 0.1) is 0 Å². The lowest BCUT2D eigenvalue weighted by Crippen LogP contribution is -2.24. The van der Waals surface area contributed by atoms with E-state index < -0.39 is 17.4 Å². The number of amides is 2. The summed E-state index contributed by atoms with van der Waals surface area (Å²) in [5.41, 5.74) is 7.87. The number of carbonyl (C=O) groups is 2. The van der Waals surface area contributed by atoms with Crippen molar-refractivity contribution in [2.75, 3.05) is 5.73 Å². The second-order valence-corrected chi connectivity index (χ2v) is 7.34. The van der Waals surface area contributed by atoms with Crippen molar-refractivity contribution in [3.8, 4) is 16.3 Å². The fraction of sp³-hybridized carbons (Fsp3) is 0. The normalized spacial score (nSPS) is 13.0. The zero-order valence-electron chi connectivity index (χ0n) is 14.3. The maximum Gasteiger partial charge on any atom is 0.262 e. The van der Waals surface area contributed by atoms with Gasteiger partial charge < -0.3 is 5.73 Å². The molecule has 0 aliphatic carbocycles. The molecule has 28 heavy (non-hydrogen) atoms. The number of fused-ring (bicyclic) bond motifs is 2. The molecule has 4 aromatic rings. The smallest absolute Gasteiger partial charge is 0.262 e. The molecule has 0 atom stereocenters. The van der Waals surface area contributed by atoms with Crippen molar-refractivity contribution in [2.45, 2.75) is 0 Å². The quantitative estimate of drug-likeness (QED) is 0.513. The van der Waals surface area contributed by atoms with E-state index >= 15 is 0 Å². The van der Waals surface area contributed by atoms with Gasteiger partial charge in [0.2, 0.25) is 0 Å². The lowest BCUT2D eigenvalue weighted by atomic mass is 10.1. The lowest BCUT2D eigenvalue weighted by Gasteiger charge is -2.12. The van der Waals surface area contributed by atoms with E-state index in [-0.39, 0.29) is 16.9 Å². The first kappa shape index (κ1) is 16.4. The van der Waals surface area contributed by atoms with Crippen LogP contribution in [-0.4, -0.2) is 21.4 Å². The monoisotopic (exact) mass is 388 g/mol. The second kappa shape index (κ2) is 5.86. The standard InChI is InChI=1S/C20H12N4O3S/c21-17-16-12(18(26)23-19(16)27)9-15(25)24(17)11-5-3-4-10(8-11)20-22-13-6-1-2-7-14(13)28-20/h1-9H,21H2,(H,23,26,27). The summed E-state index contributed by atoms with van der Waals surface area (Å²) in [7, 11) is 0. The van der Waals surface area contributed by atoms with Crippen LogP contribution in [0.5, 0.6) is 0 Å². The van der Waals surface area contributed by atoms with Gasteiger partial charge in [-0.1, -0.05) is 24.3 Å². The minimum Gasteiger partial charge on any atom is -0.384 e. The van der Waals surface area contributed by atoms with Crippen molar-refractivity contribution in [1.82, 2.24) is 14.9 Å². The Kier molecular flexibility index (Phi) is 3.43. The number of nitrogens with zero attached hydrogens (tertiary/aromatic N) is 2.